The third kappa shape index (κ3) is 2.42. The molecule has 0 saturated heterocycles. The van der Waals surface area contributed by atoms with Crippen LogP contribution in [0.5, 0.6) is 0 Å². The van der Waals surface area contributed by atoms with Gasteiger partial charge in [0.05, 0.1) is 12.9 Å². The van der Waals surface area contributed by atoms with Gasteiger partial charge in [0, 0.05) is 0 Å². The molecule has 1 heteroatoms. The monoisotopic (exact) mass is 140 g/mol. The maximum Gasteiger partial charge on any atom is 0.0875 e. The van der Waals surface area contributed by atoms with Crippen molar-refractivity contribution in [1.82, 2.24) is 0 Å². The molecule has 1 aliphatic heterocycles. The van der Waals surface area contributed by atoms with Crippen molar-refractivity contribution >= 4 is 0 Å². The SMILES string of the molecule is CC1/C=C\OCCC(C)C1. The topological polar surface area (TPSA) is 9.23 Å². The zero-order valence-corrected chi connectivity index (χ0v) is 6.84. The Bertz CT molecular complexity index is 118. The van der Waals surface area contributed by atoms with Crippen LogP contribution < -0.4 is 0 Å². The molecule has 0 spiro atoms. The van der Waals surface area contributed by atoms with Crippen LogP contribution in [0.25, 0.3) is 0 Å². The Kier molecular flexibility index (Phi) is 2.79. The zero-order chi connectivity index (χ0) is 7.40. The Labute approximate surface area is 63.1 Å². The predicted molar refractivity (Wildman–Crippen MR) is 42.7 cm³/mol. The smallest absolute Gasteiger partial charge is 0.0875 e. The van der Waals surface area contributed by atoms with Crippen LogP contribution in [0.15, 0.2) is 12.3 Å². The Balaban J connectivity index is 2.40. The molecule has 0 fully saturated rings. The van der Waals surface area contributed by atoms with Crippen LogP contribution in [0.3, 0.4) is 0 Å². The van der Waals surface area contributed by atoms with Crippen molar-refractivity contribution < 1.29 is 4.74 Å². The molecule has 1 nitrogen and oxygen atoms in total. The van der Waals surface area contributed by atoms with Crippen LogP contribution >= 0.6 is 0 Å². The maximum absolute atomic E-state index is 5.23. The first kappa shape index (κ1) is 7.64. The van der Waals surface area contributed by atoms with Gasteiger partial charge in [-0.3, -0.25) is 0 Å². The summed E-state index contributed by atoms with van der Waals surface area (Å²) >= 11 is 0. The van der Waals surface area contributed by atoms with Crippen molar-refractivity contribution in [2.45, 2.75) is 26.7 Å². The molecule has 0 bridgehead atoms. The molecule has 58 valence electrons. The second-order valence-electron chi connectivity index (χ2n) is 3.31. The van der Waals surface area contributed by atoms with Crippen molar-refractivity contribution in [3.8, 4) is 0 Å². The molecule has 0 saturated carbocycles. The fourth-order valence-electron chi connectivity index (χ4n) is 1.36. The van der Waals surface area contributed by atoms with Crippen molar-refractivity contribution in [1.29, 1.82) is 0 Å². The highest BCUT2D eigenvalue weighted by atomic mass is 16.5. The van der Waals surface area contributed by atoms with Gasteiger partial charge in [-0.25, -0.2) is 0 Å². The van der Waals surface area contributed by atoms with Gasteiger partial charge in [-0.2, -0.15) is 0 Å². The number of allylic oxidation sites excluding steroid dienone is 1. The Morgan fingerprint density at radius 1 is 1.40 bits per heavy atom. The first-order chi connectivity index (χ1) is 4.79. The number of ether oxygens (including phenoxy) is 1. The quantitative estimate of drug-likeness (QED) is 0.502. The molecule has 1 heterocycles. The van der Waals surface area contributed by atoms with E-state index in [4.69, 9.17) is 4.74 Å². The van der Waals surface area contributed by atoms with E-state index >= 15 is 0 Å². The molecule has 1 aliphatic rings. The van der Waals surface area contributed by atoms with Crippen molar-refractivity contribution in [3.05, 3.63) is 12.3 Å². The second-order valence-corrected chi connectivity index (χ2v) is 3.31. The van der Waals surface area contributed by atoms with E-state index in [1.165, 1.54) is 12.8 Å². The van der Waals surface area contributed by atoms with Gasteiger partial charge in [0.25, 0.3) is 0 Å². The van der Waals surface area contributed by atoms with E-state index in [1.54, 1.807) is 0 Å². The Morgan fingerprint density at radius 2 is 2.20 bits per heavy atom. The summed E-state index contributed by atoms with van der Waals surface area (Å²) in [5, 5.41) is 0. The van der Waals surface area contributed by atoms with E-state index < -0.39 is 0 Å². The lowest BCUT2D eigenvalue weighted by atomic mass is 9.94. The fraction of sp³-hybridized carbons (Fsp3) is 0.778. The summed E-state index contributed by atoms with van der Waals surface area (Å²) in [7, 11) is 0. The average molecular weight is 140 g/mol. The number of hydrogen-bond donors (Lipinski definition) is 0. The number of rotatable bonds is 0. The van der Waals surface area contributed by atoms with Gasteiger partial charge in [0.2, 0.25) is 0 Å². The molecule has 0 aromatic heterocycles. The molecule has 10 heavy (non-hydrogen) atoms. The third-order valence-electron chi connectivity index (χ3n) is 2.01. The molecular formula is C9H16O. The lowest BCUT2D eigenvalue weighted by Gasteiger charge is -2.16. The second kappa shape index (κ2) is 3.65. The van der Waals surface area contributed by atoms with Gasteiger partial charge < -0.3 is 4.74 Å². The molecule has 2 atom stereocenters. The summed E-state index contributed by atoms with van der Waals surface area (Å²) in [6.07, 6.45) is 6.50. The summed E-state index contributed by atoms with van der Waals surface area (Å²) in [5.41, 5.74) is 0. The van der Waals surface area contributed by atoms with E-state index in [0.717, 1.165) is 12.5 Å². The molecule has 0 aliphatic carbocycles. The van der Waals surface area contributed by atoms with Crippen LogP contribution in [-0.4, -0.2) is 6.61 Å². The van der Waals surface area contributed by atoms with E-state index in [-0.39, 0.29) is 0 Å². The summed E-state index contributed by atoms with van der Waals surface area (Å²) in [5.74, 6) is 1.51. The first-order valence-electron chi connectivity index (χ1n) is 4.07. The summed E-state index contributed by atoms with van der Waals surface area (Å²) < 4.78 is 5.23. The highest BCUT2D eigenvalue weighted by molar-refractivity contribution is 4.82. The molecule has 0 amide bonds. The van der Waals surface area contributed by atoms with E-state index in [2.05, 4.69) is 19.9 Å². The normalized spacial score (nSPS) is 37.4. The maximum atomic E-state index is 5.23. The summed E-state index contributed by atoms with van der Waals surface area (Å²) in [6, 6.07) is 0. The van der Waals surface area contributed by atoms with Crippen molar-refractivity contribution in [2.75, 3.05) is 6.61 Å². The first-order valence-corrected chi connectivity index (χ1v) is 4.07. The lowest BCUT2D eigenvalue weighted by Crippen LogP contribution is -2.06. The van der Waals surface area contributed by atoms with Crippen molar-refractivity contribution in [2.24, 2.45) is 11.8 Å². The molecule has 0 aromatic carbocycles. The van der Waals surface area contributed by atoms with Gasteiger partial charge in [-0.05, 0) is 30.8 Å². The summed E-state index contributed by atoms with van der Waals surface area (Å²) in [6.45, 7) is 5.42. The van der Waals surface area contributed by atoms with Gasteiger partial charge in [0.1, 0.15) is 0 Å². The van der Waals surface area contributed by atoms with Gasteiger partial charge in [-0.15, -0.1) is 0 Å². The Morgan fingerprint density at radius 3 is 3.00 bits per heavy atom. The molecule has 1 rings (SSSR count). The molecule has 2 unspecified atom stereocenters. The van der Waals surface area contributed by atoms with Crippen LogP contribution in [-0.2, 0) is 4.74 Å². The van der Waals surface area contributed by atoms with E-state index in [9.17, 15) is 0 Å². The van der Waals surface area contributed by atoms with Crippen LogP contribution in [0.1, 0.15) is 26.7 Å². The van der Waals surface area contributed by atoms with Gasteiger partial charge in [0.15, 0.2) is 0 Å². The molecule has 0 N–H and O–H groups in total. The molecular weight excluding hydrogens is 124 g/mol. The average Bonchev–Trinajstić information content (AvgIpc) is 1.83. The fourth-order valence-corrected chi connectivity index (χ4v) is 1.36. The predicted octanol–water partition coefficient (Wildman–Crippen LogP) is 2.58. The van der Waals surface area contributed by atoms with Crippen LogP contribution in [0, 0.1) is 11.8 Å². The highest BCUT2D eigenvalue weighted by Gasteiger charge is 2.08. The highest BCUT2D eigenvalue weighted by Crippen LogP contribution is 2.18. The van der Waals surface area contributed by atoms with Gasteiger partial charge >= 0.3 is 0 Å². The van der Waals surface area contributed by atoms with E-state index in [0.29, 0.717) is 5.92 Å². The minimum absolute atomic E-state index is 0.690. The standard InChI is InChI=1S/C9H16O/c1-8-3-5-10-6-4-9(2)7-8/h3,5,8-9H,4,6-7H2,1-2H3/b5-3-. The van der Waals surface area contributed by atoms with Crippen LogP contribution in [0.2, 0.25) is 0 Å². The van der Waals surface area contributed by atoms with E-state index in [1.807, 2.05) is 6.26 Å². The minimum atomic E-state index is 0.690. The zero-order valence-electron chi connectivity index (χ0n) is 6.84. The van der Waals surface area contributed by atoms with Crippen molar-refractivity contribution in [3.63, 3.8) is 0 Å². The molecule has 0 aromatic rings. The Hall–Kier alpha value is -0.460. The largest absolute Gasteiger partial charge is 0.502 e. The summed E-state index contributed by atoms with van der Waals surface area (Å²) in [4.78, 5) is 0. The van der Waals surface area contributed by atoms with Crippen LogP contribution in [0.4, 0.5) is 0 Å². The third-order valence-corrected chi connectivity index (χ3v) is 2.01. The minimum Gasteiger partial charge on any atom is -0.502 e. The van der Waals surface area contributed by atoms with Gasteiger partial charge in [-0.1, -0.05) is 13.8 Å². The molecule has 0 radical (unpaired) electrons. The lowest BCUT2D eigenvalue weighted by molar-refractivity contribution is 0.206. The number of hydrogen-bond acceptors (Lipinski definition) is 1.